The molecule has 0 aromatic heterocycles. The summed E-state index contributed by atoms with van der Waals surface area (Å²) < 4.78 is 5.63. The first-order valence-corrected chi connectivity index (χ1v) is 7.00. The van der Waals surface area contributed by atoms with Gasteiger partial charge in [-0.3, -0.25) is 4.90 Å². The van der Waals surface area contributed by atoms with Crippen LogP contribution in [0.4, 0.5) is 0 Å². The summed E-state index contributed by atoms with van der Waals surface area (Å²) in [6.45, 7) is 7.48. The Kier molecular flexibility index (Phi) is 4.79. The van der Waals surface area contributed by atoms with E-state index in [-0.39, 0.29) is 0 Å². The zero-order valence-corrected chi connectivity index (χ0v) is 11.3. The van der Waals surface area contributed by atoms with E-state index in [0.29, 0.717) is 18.1 Å². The van der Waals surface area contributed by atoms with Crippen LogP contribution in [0.5, 0.6) is 0 Å². The third-order valence-electron chi connectivity index (χ3n) is 4.22. The zero-order valence-electron chi connectivity index (χ0n) is 11.3. The fraction of sp³-hybridized carbons (Fsp3) is 1.00. The number of ether oxygens (including phenoxy) is 1. The summed E-state index contributed by atoms with van der Waals surface area (Å²) in [5.41, 5.74) is 6.28. The van der Waals surface area contributed by atoms with Crippen molar-refractivity contribution in [2.75, 3.05) is 39.9 Å². The predicted molar refractivity (Wildman–Crippen MR) is 70.1 cm³/mol. The molecule has 2 saturated heterocycles. The topological polar surface area (TPSA) is 41.7 Å². The molecule has 2 fully saturated rings. The molecule has 2 heterocycles. The Morgan fingerprint density at radius 2 is 2.18 bits per heavy atom. The summed E-state index contributed by atoms with van der Waals surface area (Å²) in [6.07, 6.45) is 3.46. The Morgan fingerprint density at radius 1 is 1.35 bits per heavy atom. The molecule has 0 bridgehead atoms. The number of nitrogens with zero attached hydrogens (tertiary/aromatic N) is 2. The summed E-state index contributed by atoms with van der Waals surface area (Å²) in [4.78, 5) is 5.07. The fourth-order valence-corrected chi connectivity index (χ4v) is 3.14. The second kappa shape index (κ2) is 6.14. The van der Waals surface area contributed by atoms with Crippen LogP contribution in [0.1, 0.15) is 26.2 Å². The van der Waals surface area contributed by atoms with Gasteiger partial charge in [0.05, 0.1) is 6.61 Å². The Labute approximate surface area is 105 Å². The monoisotopic (exact) mass is 241 g/mol. The van der Waals surface area contributed by atoms with Crippen molar-refractivity contribution < 1.29 is 4.74 Å². The van der Waals surface area contributed by atoms with Gasteiger partial charge in [-0.25, -0.2) is 0 Å². The first kappa shape index (κ1) is 13.3. The Bertz CT molecular complexity index is 237. The molecule has 100 valence electrons. The maximum atomic E-state index is 6.28. The van der Waals surface area contributed by atoms with Crippen molar-refractivity contribution in [3.63, 3.8) is 0 Å². The van der Waals surface area contributed by atoms with Crippen LogP contribution in [0, 0.1) is 0 Å². The van der Waals surface area contributed by atoms with E-state index in [4.69, 9.17) is 10.5 Å². The van der Waals surface area contributed by atoms with Gasteiger partial charge in [-0.05, 0) is 32.9 Å². The standard InChI is InChI=1S/C13H27N3O/c1-3-11-9-15(2)6-4-7-16(11)13-10-17-8-5-12(13)14/h11-13H,3-10,14H2,1-2H3. The lowest BCUT2D eigenvalue weighted by Crippen LogP contribution is -2.57. The molecule has 0 amide bonds. The summed E-state index contributed by atoms with van der Waals surface area (Å²) >= 11 is 0. The molecule has 0 aromatic carbocycles. The van der Waals surface area contributed by atoms with Crippen LogP contribution in [-0.2, 0) is 4.74 Å². The molecule has 0 radical (unpaired) electrons. The van der Waals surface area contributed by atoms with Gasteiger partial charge in [-0.15, -0.1) is 0 Å². The van der Waals surface area contributed by atoms with Gasteiger partial charge in [-0.2, -0.15) is 0 Å². The third kappa shape index (κ3) is 3.19. The lowest BCUT2D eigenvalue weighted by molar-refractivity contribution is -0.0109. The molecule has 0 aliphatic carbocycles. The van der Waals surface area contributed by atoms with Crippen molar-refractivity contribution in [1.29, 1.82) is 0 Å². The minimum atomic E-state index is 0.293. The lowest BCUT2D eigenvalue weighted by atomic mass is 10.00. The molecular weight excluding hydrogens is 214 g/mol. The van der Waals surface area contributed by atoms with Crippen LogP contribution < -0.4 is 5.73 Å². The molecular formula is C13H27N3O. The van der Waals surface area contributed by atoms with E-state index in [1.165, 1.54) is 32.5 Å². The second-order valence-corrected chi connectivity index (χ2v) is 5.51. The average molecular weight is 241 g/mol. The molecule has 2 aliphatic rings. The molecule has 2 aliphatic heterocycles. The smallest absolute Gasteiger partial charge is 0.0637 e. The largest absolute Gasteiger partial charge is 0.380 e. The highest BCUT2D eigenvalue weighted by molar-refractivity contribution is 4.90. The number of likely N-dealkylation sites (N-methyl/N-ethyl adjacent to an activating group) is 1. The normalized spacial score (nSPS) is 37.9. The minimum Gasteiger partial charge on any atom is -0.380 e. The predicted octanol–water partition coefficient (Wildman–Crippen LogP) is 0.519. The van der Waals surface area contributed by atoms with Crippen molar-refractivity contribution in [2.45, 2.75) is 44.3 Å². The van der Waals surface area contributed by atoms with Crippen molar-refractivity contribution in [3.05, 3.63) is 0 Å². The van der Waals surface area contributed by atoms with Gasteiger partial charge in [0.25, 0.3) is 0 Å². The Balaban J connectivity index is 2.04. The van der Waals surface area contributed by atoms with Crippen molar-refractivity contribution in [1.82, 2.24) is 9.80 Å². The molecule has 2 N–H and O–H groups in total. The number of hydrogen-bond acceptors (Lipinski definition) is 4. The maximum Gasteiger partial charge on any atom is 0.0637 e. The molecule has 17 heavy (non-hydrogen) atoms. The van der Waals surface area contributed by atoms with Gasteiger partial charge in [0, 0.05) is 37.8 Å². The van der Waals surface area contributed by atoms with Gasteiger partial charge < -0.3 is 15.4 Å². The quantitative estimate of drug-likeness (QED) is 0.765. The summed E-state index contributed by atoms with van der Waals surface area (Å²) in [6, 6.07) is 1.36. The van der Waals surface area contributed by atoms with Crippen LogP contribution in [0.3, 0.4) is 0 Å². The van der Waals surface area contributed by atoms with E-state index in [2.05, 4.69) is 23.8 Å². The highest BCUT2D eigenvalue weighted by Gasteiger charge is 2.33. The van der Waals surface area contributed by atoms with Crippen LogP contribution >= 0.6 is 0 Å². The number of hydrogen-bond donors (Lipinski definition) is 1. The zero-order chi connectivity index (χ0) is 12.3. The summed E-state index contributed by atoms with van der Waals surface area (Å²) in [5.74, 6) is 0. The van der Waals surface area contributed by atoms with Gasteiger partial charge in [0.2, 0.25) is 0 Å². The van der Waals surface area contributed by atoms with Gasteiger partial charge >= 0.3 is 0 Å². The number of rotatable bonds is 2. The lowest BCUT2D eigenvalue weighted by Gasteiger charge is -2.41. The summed E-state index contributed by atoms with van der Waals surface area (Å²) in [7, 11) is 2.23. The highest BCUT2D eigenvalue weighted by atomic mass is 16.5. The van der Waals surface area contributed by atoms with Gasteiger partial charge in [0.1, 0.15) is 0 Å². The molecule has 0 spiro atoms. The Hall–Kier alpha value is -0.160. The van der Waals surface area contributed by atoms with Gasteiger partial charge in [-0.1, -0.05) is 6.92 Å². The maximum absolute atomic E-state index is 6.28. The molecule has 3 unspecified atom stereocenters. The molecule has 4 nitrogen and oxygen atoms in total. The summed E-state index contributed by atoms with van der Waals surface area (Å²) in [5, 5.41) is 0. The van der Waals surface area contributed by atoms with Crippen LogP contribution in [0.2, 0.25) is 0 Å². The van der Waals surface area contributed by atoms with E-state index >= 15 is 0 Å². The SMILES string of the molecule is CCC1CN(C)CCCN1C1COCCC1N. The molecule has 0 aromatic rings. The van der Waals surface area contributed by atoms with Crippen molar-refractivity contribution in [3.8, 4) is 0 Å². The van der Waals surface area contributed by atoms with Crippen molar-refractivity contribution in [2.24, 2.45) is 5.73 Å². The van der Waals surface area contributed by atoms with Crippen molar-refractivity contribution >= 4 is 0 Å². The third-order valence-corrected chi connectivity index (χ3v) is 4.22. The first-order chi connectivity index (χ1) is 8.22. The molecule has 3 atom stereocenters. The van der Waals surface area contributed by atoms with Crippen LogP contribution in [0.25, 0.3) is 0 Å². The van der Waals surface area contributed by atoms with Crippen LogP contribution in [0.15, 0.2) is 0 Å². The molecule has 4 heteroatoms. The Morgan fingerprint density at radius 3 is 2.88 bits per heavy atom. The van der Waals surface area contributed by atoms with E-state index in [1.807, 2.05) is 0 Å². The van der Waals surface area contributed by atoms with Gasteiger partial charge in [0.15, 0.2) is 0 Å². The minimum absolute atomic E-state index is 0.293. The highest BCUT2D eigenvalue weighted by Crippen LogP contribution is 2.20. The first-order valence-electron chi connectivity index (χ1n) is 7.00. The average Bonchev–Trinajstić information content (AvgIpc) is 2.51. The molecule has 0 saturated carbocycles. The second-order valence-electron chi connectivity index (χ2n) is 5.51. The fourth-order valence-electron chi connectivity index (χ4n) is 3.14. The number of nitrogens with two attached hydrogens (primary N) is 1. The van der Waals surface area contributed by atoms with Crippen LogP contribution in [-0.4, -0.2) is 67.8 Å². The van der Waals surface area contributed by atoms with E-state index in [9.17, 15) is 0 Å². The van der Waals surface area contributed by atoms with E-state index in [0.717, 1.165) is 19.6 Å². The molecule has 2 rings (SSSR count). The van der Waals surface area contributed by atoms with E-state index < -0.39 is 0 Å². The van der Waals surface area contributed by atoms with E-state index in [1.54, 1.807) is 0 Å².